The van der Waals surface area contributed by atoms with E-state index < -0.39 is 30.4 Å². The molecule has 0 bridgehead atoms. The summed E-state index contributed by atoms with van der Waals surface area (Å²) in [5, 5.41) is 29.4. The number of rotatable bonds is 10. The Labute approximate surface area is 204 Å². The Hall–Kier alpha value is -1.47. The minimum absolute atomic E-state index is 0.139. The molecule has 1 saturated heterocycles. The van der Waals surface area contributed by atoms with Gasteiger partial charge in [-0.2, -0.15) is 0 Å². The van der Waals surface area contributed by atoms with Gasteiger partial charge in [-0.1, -0.05) is 58.1 Å². The van der Waals surface area contributed by atoms with Crippen LogP contribution in [0.2, 0.25) is 0 Å². The van der Waals surface area contributed by atoms with E-state index in [9.17, 15) is 15.0 Å². The lowest BCUT2D eigenvalue weighted by atomic mass is 9.88. The molecule has 3 rings (SSSR count). The van der Waals surface area contributed by atoms with Crippen molar-refractivity contribution in [3.05, 3.63) is 36.0 Å². The summed E-state index contributed by atoms with van der Waals surface area (Å²) in [5.74, 6) is 1.34. The van der Waals surface area contributed by atoms with Crippen molar-refractivity contribution in [3.8, 4) is 0 Å². The highest BCUT2D eigenvalue weighted by Gasteiger charge is 2.43. The van der Waals surface area contributed by atoms with Crippen LogP contribution in [0.5, 0.6) is 0 Å². The highest BCUT2D eigenvalue weighted by molar-refractivity contribution is 5.67. The van der Waals surface area contributed by atoms with Crippen LogP contribution in [0, 0.1) is 29.6 Å². The third kappa shape index (κ3) is 7.03. The van der Waals surface area contributed by atoms with Crippen LogP contribution in [0.1, 0.15) is 66.7 Å². The van der Waals surface area contributed by atoms with Crippen molar-refractivity contribution in [3.63, 3.8) is 0 Å². The molecule has 2 heterocycles. The Balaban J connectivity index is 1.48. The van der Waals surface area contributed by atoms with Crippen LogP contribution in [0.3, 0.4) is 0 Å². The van der Waals surface area contributed by atoms with Crippen LogP contribution < -0.4 is 0 Å². The first-order chi connectivity index (χ1) is 16.1. The molecule has 0 amide bonds. The first kappa shape index (κ1) is 27.1. The molecule has 11 atom stereocenters. The van der Waals surface area contributed by atoms with Gasteiger partial charge in [-0.05, 0) is 61.3 Å². The molecule has 6 nitrogen and oxygen atoms in total. The summed E-state index contributed by atoms with van der Waals surface area (Å²) >= 11 is 0. The van der Waals surface area contributed by atoms with Crippen LogP contribution in [0.25, 0.3) is 0 Å². The number of aliphatic hydroxyl groups is 2. The van der Waals surface area contributed by atoms with E-state index in [4.69, 9.17) is 14.6 Å². The SMILES string of the molecule is CC[C@H]1O[C@@H](C(C)C[C@H](C)/C=C/[C@H]2[C@@H](C)[C@@H]2/C=C/[C@@H]2O[C@H](CC(=O)O)CC(O)[C@H]2O)CC=C1C. The number of carbonyl (C=O) groups is 1. The maximum atomic E-state index is 11.0. The molecule has 3 N–H and O–H groups in total. The first-order valence-corrected chi connectivity index (χ1v) is 13.0. The topological polar surface area (TPSA) is 96.2 Å². The monoisotopic (exact) mass is 476 g/mol. The summed E-state index contributed by atoms with van der Waals surface area (Å²) in [6.45, 7) is 11.1. The second kappa shape index (κ2) is 12.0. The van der Waals surface area contributed by atoms with E-state index in [1.54, 1.807) is 0 Å². The number of carboxylic acids is 1. The lowest BCUT2D eigenvalue weighted by Gasteiger charge is -2.35. The predicted octanol–water partition coefficient (Wildman–Crippen LogP) is 4.51. The van der Waals surface area contributed by atoms with Crippen LogP contribution in [0.4, 0.5) is 0 Å². The molecular weight excluding hydrogens is 432 g/mol. The van der Waals surface area contributed by atoms with Crippen molar-refractivity contribution in [1.29, 1.82) is 0 Å². The highest BCUT2D eigenvalue weighted by atomic mass is 16.5. The van der Waals surface area contributed by atoms with E-state index in [1.807, 2.05) is 6.08 Å². The molecule has 192 valence electrons. The van der Waals surface area contributed by atoms with Gasteiger partial charge < -0.3 is 24.8 Å². The molecule has 1 saturated carbocycles. The van der Waals surface area contributed by atoms with Gasteiger partial charge in [0.1, 0.15) is 12.2 Å². The Kier molecular flexibility index (Phi) is 9.56. The van der Waals surface area contributed by atoms with Gasteiger partial charge in [0.05, 0.1) is 30.8 Å². The smallest absolute Gasteiger partial charge is 0.305 e. The zero-order chi connectivity index (χ0) is 25.0. The normalized spacial score (nSPS) is 40.3. The van der Waals surface area contributed by atoms with Gasteiger partial charge in [-0.15, -0.1) is 0 Å². The van der Waals surface area contributed by atoms with Crippen LogP contribution in [0.15, 0.2) is 36.0 Å². The lowest BCUT2D eigenvalue weighted by Crippen LogP contribution is -2.47. The van der Waals surface area contributed by atoms with Crippen LogP contribution in [-0.2, 0) is 14.3 Å². The fraction of sp³-hybridized carbons (Fsp3) is 0.750. The van der Waals surface area contributed by atoms with Crippen molar-refractivity contribution < 1.29 is 29.6 Å². The van der Waals surface area contributed by atoms with Crippen molar-refractivity contribution >= 4 is 5.97 Å². The average Bonchev–Trinajstić information content (AvgIpc) is 3.40. The van der Waals surface area contributed by atoms with Crippen molar-refractivity contribution in [2.75, 3.05) is 0 Å². The van der Waals surface area contributed by atoms with E-state index in [0.717, 1.165) is 19.3 Å². The predicted molar refractivity (Wildman–Crippen MR) is 132 cm³/mol. The molecule has 2 fully saturated rings. The number of aliphatic hydroxyl groups excluding tert-OH is 2. The maximum absolute atomic E-state index is 11.0. The van der Waals surface area contributed by atoms with Gasteiger partial charge in [-0.25, -0.2) is 0 Å². The molecule has 0 aromatic rings. The Morgan fingerprint density at radius 2 is 1.88 bits per heavy atom. The van der Waals surface area contributed by atoms with E-state index in [0.29, 0.717) is 35.7 Å². The van der Waals surface area contributed by atoms with E-state index in [-0.39, 0.29) is 18.9 Å². The van der Waals surface area contributed by atoms with Crippen LogP contribution in [-0.4, -0.2) is 57.9 Å². The number of hydrogen-bond acceptors (Lipinski definition) is 5. The number of aliphatic carboxylic acids is 1. The standard InChI is InChI=1S/C28H44O6/c1-6-24-17(3)8-11-25(34-24)18(4)13-16(2)7-9-21-19(5)22(21)10-12-26-28(32)23(29)14-20(33-26)15-27(30)31/h7-10,12,16,18-26,28-29,32H,6,11,13-15H2,1-5H3,(H,30,31)/b9-7+,12-10+/t16-,18?,19-,20+,21+,22+,23?,24-,25-,26+,28-/m1/s1. The van der Waals surface area contributed by atoms with Gasteiger partial charge in [-0.3, -0.25) is 4.79 Å². The van der Waals surface area contributed by atoms with E-state index in [2.05, 4.69) is 58.9 Å². The quantitative estimate of drug-likeness (QED) is 0.402. The molecule has 0 radical (unpaired) electrons. The van der Waals surface area contributed by atoms with E-state index in [1.165, 1.54) is 5.57 Å². The third-order valence-corrected chi connectivity index (χ3v) is 7.96. The fourth-order valence-corrected chi connectivity index (χ4v) is 5.57. The van der Waals surface area contributed by atoms with Gasteiger partial charge in [0, 0.05) is 6.42 Å². The minimum atomic E-state index is -1.03. The average molecular weight is 477 g/mol. The minimum Gasteiger partial charge on any atom is -0.481 e. The molecule has 3 aliphatic rings. The van der Waals surface area contributed by atoms with Gasteiger partial charge in [0.2, 0.25) is 0 Å². The van der Waals surface area contributed by atoms with Gasteiger partial charge in [0.15, 0.2) is 0 Å². The number of allylic oxidation sites excluding steroid dienone is 3. The molecule has 0 spiro atoms. The van der Waals surface area contributed by atoms with Crippen molar-refractivity contribution in [2.45, 2.75) is 103 Å². The maximum Gasteiger partial charge on any atom is 0.305 e. The molecule has 34 heavy (non-hydrogen) atoms. The van der Waals surface area contributed by atoms with Crippen molar-refractivity contribution in [2.24, 2.45) is 29.6 Å². The second-order valence-corrected chi connectivity index (χ2v) is 10.8. The molecule has 2 unspecified atom stereocenters. The Morgan fingerprint density at radius 1 is 1.18 bits per heavy atom. The van der Waals surface area contributed by atoms with Gasteiger partial charge >= 0.3 is 5.97 Å². The second-order valence-electron chi connectivity index (χ2n) is 10.8. The molecular formula is C28H44O6. The summed E-state index contributed by atoms with van der Waals surface area (Å²) < 4.78 is 12.1. The molecule has 6 heteroatoms. The number of carboxylic acid groups (broad SMARTS) is 1. The summed E-state index contributed by atoms with van der Waals surface area (Å²) in [6.07, 6.45) is 11.2. The Bertz CT molecular complexity index is 773. The summed E-state index contributed by atoms with van der Waals surface area (Å²) in [5.41, 5.74) is 1.36. The number of ether oxygens (including phenoxy) is 2. The molecule has 2 aliphatic heterocycles. The van der Waals surface area contributed by atoms with E-state index >= 15 is 0 Å². The highest BCUT2D eigenvalue weighted by Crippen LogP contribution is 2.48. The summed E-state index contributed by atoms with van der Waals surface area (Å²) in [7, 11) is 0. The lowest BCUT2D eigenvalue weighted by molar-refractivity contribution is -0.163. The first-order valence-electron chi connectivity index (χ1n) is 13.0. The zero-order valence-electron chi connectivity index (χ0n) is 21.3. The fourth-order valence-electron chi connectivity index (χ4n) is 5.57. The van der Waals surface area contributed by atoms with Crippen molar-refractivity contribution in [1.82, 2.24) is 0 Å². The molecule has 1 aliphatic carbocycles. The van der Waals surface area contributed by atoms with Gasteiger partial charge in [0.25, 0.3) is 0 Å². The summed E-state index contributed by atoms with van der Waals surface area (Å²) in [6, 6.07) is 0. The Morgan fingerprint density at radius 3 is 2.56 bits per heavy atom. The van der Waals surface area contributed by atoms with Crippen LogP contribution >= 0.6 is 0 Å². The molecule has 0 aromatic carbocycles. The number of hydrogen-bond donors (Lipinski definition) is 3. The largest absolute Gasteiger partial charge is 0.481 e. The molecule has 0 aromatic heterocycles. The zero-order valence-corrected chi connectivity index (χ0v) is 21.3. The third-order valence-electron chi connectivity index (χ3n) is 7.96. The summed E-state index contributed by atoms with van der Waals surface area (Å²) in [4.78, 5) is 11.0.